The molecule has 112 valence electrons. The molecular formula is C15H19N3O3. The molecule has 0 unspecified atom stereocenters. The number of rotatable bonds is 5. The molecule has 0 aliphatic carbocycles. The van der Waals surface area contributed by atoms with Crippen LogP contribution in [0.1, 0.15) is 28.2 Å². The normalized spacial score (nSPS) is 10.6. The van der Waals surface area contributed by atoms with E-state index in [0.717, 1.165) is 17.8 Å². The SMILES string of the molecule is Cc1cc(C)n(CCCNC(=O)c2cc(O)ccc2O)n1. The highest BCUT2D eigenvalue weighted by molar-refractivity contribution is 5.97. The first-order chi connectivity index (χ1) is 9.97. The van der Waals surface area contributed by atoms with E-state index in [1.807, 2.05) is 24.6 Å². The highest BCUT2D eigenvalue weighted by Crippen LogP contribution is 2.21. The second kappa shape index (κ2) is 6.30. The van der Waals surface area contributed by atoms with Gasteiger partial charge in [-0.2, -0.15) is 5.10 Å². The Hall–Kier alpha value is -2.50. The first kappa shape index (κ1) is 14.9. The third-order valence-corrected chi connectivity index (χ3v) is 3.16. The number of aryl methyl sites for hydroxylation is 3. The van der Waals surface area contributed by atoms with Gasteiger partial charge in [-0.1, -0.05) is 0 Å². The van der Waals surface area contributed by atoms with Gasteiger partial charge in [-0.05, 0) is 44.5 Å². The first-order valence-corrected chi connectivity index (χ1v) is 6.78. The topological polar surface area (TPSA) is 87.4 Å². The van der Waals surface area contributed by atoms with Gasteiger partial charge in [0.15, 0.2) is 0 Å². The monoisotopic (exact) mass is 289 g/mol. The van der Waals surface area contributed by atoms with Crippen molar-refractivity contribution in [1.29, 1.82) is 0 Å². The predicted molar refractivity (Wildman–Crippen MR) is 78.4 cm³/mol. The van der Waals surface area contributed by atoms with E-state index in [1.54, 1.807) is 0 Å². The van der Waals surface area contributed by atoms with E-state index < -0.39 is 5.91 Å². The minimum Gasteiger partial charge on any atom is -0.508 e. The molecule has 0 aliphatic heterocycles. The van der Waals surface area contributed by atoms with E-state index in [4.69, 9.17) is 0 Å². The molecule has 2 rings (SSSR count). The molecule has 2 aromatic rings. The van der Waals surface area contributed by atoms with Crippen LogP contribution in [-0.2, 0) is 6.54 Å². The summed E-state index contributed by atoms with van der Waals surface area (Å²) in [6.45, 7) is 5.11. The van der Waals surface area contributed by atoms with Gasteiger partial charge in [0.25, 0.3) is 5.91 Å². The van der Waals surface area contributed by atoms with Crippen molar-refractivity contribution in [3.63, 3.8) is 0 Å². The second-order valence-electron chi connectivity index (χ2n) is 4.96. The minimum absolute atomic E-state index is 0.0550. The maximum Gasteiger partial charge on any atom is 0.255 e. The summed E-state index contributed by atoms with van der Waals surface area (Å²) >= 11 is 0. The van der Waals surface area contributed by atoms with E-state index in [2.05, 4.69) is 10.4 Å². The number of hydrogen-bond donors (Lipinski definition) is 3. The van der Waals surface area contributed by atoms with Gasteiger partial charge in [0.05, 0.1) is 11.3 Å². The van der Waals surface area contributed by atoms with Crippen molar-refractivity contribution in [2.24, 2.45) is 0 Å². The van der Waals surface area contributed by atoms with Crippen LogP contribution in [0.5, 0.6) is 11.5 Å². The number of carbonyl (C=O) groups is 1. The van der Waals surface area contributed by atoms with Gasteiger partial charge >= 0.3 is 0 Å². The second-order valence-corrected chi connectivity index (χ2v) is 4.96. The molecule has 1 heterocycles. The van der Waals surface area contributed by atoms with Crippen LogP contribution in [0, 0.1) is 13.8 Å². The van der Waals surface area contributed by atoms with Crippen LogP contribution in [0.25, 0.3) is 0 Å². The van der Waals surface area contributed by atoms with Crippen molar-refractivity contribution in [1.82, 2.24) is 15.1 Å². The Morgan fingerprint density at radius 3 is 2.71 bits per heavy atom. The fourth-order valence-corrected chi connectivity index (χ4v) is 2.13. The number of carbonyl (C=O) groups excluding carboxylic acids is 1. The van der Waals surface area contributed by atoms with Crippen molar-refractivity contribution in [2.75, 3.05) is 6.54 Å². The molecule has 0 fully saturated rings. The predicted octanol–water partition coefficient (Wildman–Crippen LogP) is 1.73. The molecule has 0 aliphatic rings. The molecular weight excluding hydrogens is 270 g/mol. The standard InChI is InChI=1S/C15H19N3O3/c1-10-8-11(2)18(17-10)7-3-6-16-15(21)13-9-12(19)4-5-14(13)20/h4-5,8-9,19-20H,3,6-7H2,1-2H3,(H,16,21). The van der Waals surface area contributed by atoms with Crippen LogP contribution in [0.4, 0.5) is 0 Å². The molecule has 0 saturated carbocycles. The number of phenolic OH excluding ortho intramolecular Hbond substituents is 2. The zero-order valence-corrected chi connectivity index (χ0v) is 12.1. The summed E-state index contributed by atoms with van der Waals surface area (Å²) in [7, 11) is 0. The maximum atomic E-state index is 11.9. The molecule has 1 aromatic heterocycles. The molecule has 0 atom stereocenters. The number of amides is 1. The van der Waals surface area contributed by atoms with Gasteiger partial charge in [0.2, 0.25) is 0 Å². The van der Waals surface area contributed by atoms with Gasteiger partial charge in [0.1, 0.15) is 11.5 Å². The number of nitrogens with zero attached hydrogens (tertiary/aromatic N) is 2. The summed E-state index contributed by atoms with van der Waals surface area (Å²) in [5.41, 5.74) is 2.13. The van der Waals surface area contributed by atoms with Crippen LogP contribution in [0.15, 0.2) is 24.3 Å². The Kier molecular flexibility index (Phi) is 4.47. The van der Waals surface area contributed by atoms with Crippen molar-refractivity contribution >= 4 is 5.91 Å². The average molecular weight is 289 g/mol. The highest BCUT2D eigenvalue weighted by atomic mass is 16.3. The summed E-state index contributed by atoms with van der Waals surface area (Å²) < 4.78 is 1.90. The third-order valence-electron chi connectivity index (χ3n) is 3.16. The van der Waals surface area contributed by atoms with E-state index >= 15 is 0 Å². The van der Waals surface area contributed by atoms with Gasteiger partial charge in [-0.15, -0.1) is 0 Å². The molecule has 21 heavy (non-hydrogen) atoms. The number of aromatic hydroxyl groups is 2. The van der Waals surface area contributed by atoms with Crippen LogP contribution < -0.4 is 5.32 Å². The lowest BCUT2D eigenvalue weighted by atomic mass is 10.1. The van der Waals surface area contributed by atoms with Gasteiger partial charge in [0, 0.05) is 18.8 Å². The number of phenols is 2. The summed E-state index contributed by atoms with van der Waals surface area (Å²) in [5.74, 6) is -0.610. The molecule has 0 spiro atoms. The Morgan fingerprint density at radius 1 is 1.29 bits per heavy atom. The van der Waals surface area contributed by atoms with Crippen molar-refractivity contribution in [2.45, 2.75) is 26.8 Å². The van der Waals surface area contributed by atoms with Crippen LogP contribution in [0.3, 0.4) is 0 Å². The van der Waals surface area contributed by atoms with E-state index in [0.29, 0.717) is 13.1 Å². The van der Waals surface area contributed by atoms with Crippen molar-refractivity contribution in [3.05, 3.63) is 41.2 Å². The van der Waals surface area contributed by atoms with Crippen LogP contribution >= 0.6 is 0 Å². The lowest BCUT2D eigenvalue weighted by Gasteiger charge is -2.08. The smallest absolute Gasteiger partial charge is 0.255 e. The minimum atomic E-state index is -0.406. The molecule has 1 amide bonds. The molecule has 1 aromatic carbocycles. The maximum absolute atomic E-state index is 11.9. The Balaban J connectivity index is 1.84. The number of hydrogen-bond acceptors (Lipinski definition) is 4. The molecule has 3 N–H and O–H groups in total. The fraction of sp³-hybridized carbons (Fsp3) is 0.333. The summed E-state index contributed by atoms with van der Waals surface area (Å²) in [6, 6.07) is 5.87. The van der Waals surface area contributed by atoms with Gasteiger partial charge in [-0.25, -0.2) is 0 Å². The lowest BCUT2D eigenvalue weighted by molar-refractivity contribution is 0.0949. The molecule has 0 radical (unpaired) electrons. The molecule has 6 heteroatoms. The van der Waals surface area contributed by atoms with Gasteiger partial charge < -0.3 is 15.5 Å². The lowest BCUT2D eigenvalue weighted by Crippen LogP contribution is -2.25. The Labute approximate surface area is 123 Å². The Bertz CT molecular complexity index is 650. The molecule has 6 nitrogen and oxygen atoms in total. The highest BCUT2D eigenvalue weighted by Gasteiger charge is 2.11. The molecule has 0 bridgehead atoms. The zero-order chi connectivity index (χ0) is 15.4. The number of nitrogens with one attached hydrogen (secondary N) is 1. The fourth-order valence-electron chi connectivity index (χ4n) is 2.13. The van der Waals surface area contributed by atoms with Gasteiger partial charge in [-0.3, -0.25) is 9.48 Å². The quantitative estimate of drug-likeness (QED) is 0.578. The van der Waals surface area contributed by atoms with Crippen molar-refractivity contribution in [3.8, 4) is 11.5 Å². The van der Waals surface area contributed by atoms with E-state index in [-0.39, 0.29) is 17.1 Å². The molecule has 0 saturated heterocycles. The Morgan fingerprint density at radius 2 is 2.05 bits per heavy atom. The largest absolute Gasteiger partial charge is 0.508 e. The first-order valence-electron chi connectivity index (χ1n) is 6.78. The third kappa shape index (κ3) is 3.75. The number of aromatic nitrogens is 2. The summed E-state index contributed by atoms with van der Waals surface area (Å²) in [6.07, 6.45) is 0.729. The van der Waals surface area contributed by atoms with Crippen LogP contribution in [-0.4, -0.2) is 32.4 Å². The average Bonchev–Trinajstić information content (AvgIpc) is 2.75. The number of benzene rings is 1. The zero-order valence-electron chi connectivity index (χ0n) is 12.1. The van der Waals surface area contributed by atoms with E-state index in [9.17, 15) is 15.0 Å². The van der Waals surface area contributed by atoms with Crippen LogP contribution in [0.2, 0.25) is 0 Å². The van der Waals surface area contributed by atoms with E-state index in [1.165, 1.54) is 18.2 Å². The summed E-state index contributed by atoms with van der Waals surface area (Å²) in [5, 5.41) is 26.0. The summed E-state index contributed by atoms with van der Waals surface area (Å²) in [4.78, 5) is 11.9. The van der Waals surface area contributed by atoms with Crippen molar-refractivity contribution < 1.29 is 15.0 Å².